The molecule has 0 aliphatic rings. The monoisotopic (exact) mass is 634 g/mol. The lowest BCUT2D eigenvalue weighted by atomic mass is 10.2. The quantitative estimate of drug-likeness (QED) is 0.195. The fourth-order valence-electron chi connectivity index (χ4n) is 3.00. The predicted octanol–water partition coefficient (Wildman–Crippen LogP) is 6.94. The van der Waals surface area contributed by atoms with Gasteiger partial charge in [0.15, 0.2) is 0 Å². The van der Waals surface area contributed by atoms with E-state index in [4.69, 9.17) is 9.84 Å². The molecule has 37 heavy (non-hydrogen) atoms. The van der Waals surface area contributed by atoms with Crippen molar-refractivity contribution in [1.82, 2.24) is 9.97 Å². The van der Waals surface area contributed by atoms with Crippen LogP contribution in [0.1, 0.15) is 20.7 Å². The zero-order chi connectivity index (χ0) is 26.9. The number of nitrogens with one attached hydrogen (secondary N) is 2. The topological polar surface area (TPSA) is 113 Å². The number of aromatic nitrogens is 2. The molecule has 0 radical (unpaired) electrons. The molecule has 0 spiro atoms. The molecule has 3 N–H and O–H groups in total. The Balaban J connectivity index is 0.000000206. The lowest BCUT2D eigenvalue weighted by Crippen LogP contribution is -2.08. The standard InChI is InChI=1S/C13H10BrFN2O2.C12H8BrFN2O2/c1-19-13(18)12-8(14)6-16-7-11(12)17-10-5-3-2-4-9(10)15;13-7-5-15-6-10(11(7)12(17)18)16-9-4-2-1-3-8(9)14/h2-7,17H,1H3;1-6,16H,(H,17,18). The number of halogens is 4. The first-order chi connectivity index (χ1) is 17.7. The molecule has 0 aliphatic heterocycles. The van der Waals surface area contributed by atoms with Gasteiger partial charge in [0.1, 0.15) is 22.8 Å². The lowest BCUT2D eigenvalue weighted by Gasteiger charge is -2.12. The van der Waals surface area contributed by atoms with Gasteiger partial charge in [0.2, 0.25) is 0 Å². The van der Waals surface area contributed by atoms with Crippen LogP contribution in [0.25, 0.3) is 0 Å². The van der Waals surface area contributed by atoms with E-state index in [9.17, 15) is 18.4 Å². The maximum absolute atomic E-state index is 13.6. The molecule has 190 valence electrons. The number of ether oxygens (including phenoxy) is 1. The second kappa shape index (κ2) is 12.9. The SMILES string of the molecule is COC(=O)c1c(Br)cncc1Nc1ccccc1F.O=C(O)c1c(Br)cncc1Nc1ccccc1F. The lowest BCUT2D eigenvalue weighted by molar-refractivity contribution is 0.0599. The molecule has 12 heteroatoms. The highest BCUT2D eigenvalue weighted by atomic mass is 79.9. The number of benzene rings is 2. The average molecular weight is 636 g/mol. The van der Waals surface area contributed by atoms with Gasteiger partial charge >= 0.3 is 11.9 Å². The van der Waals surface area contributed by atoms with Crippen LogP contribution in [-0.4, -0.2) is 34.1 Å². The number of methoxy groups -OCH3 is 1. The van der Waals surface area contributed by atoms with Crippen LogP contribution in [0.5, 0.6) is 0 Å². The Kier molecular flexibility index (Phi) is 9.64. The number of anilines is 4. The predicted molar refractivity (Wildman–Crippen MR) is 142 cm³/mol. The summed E-state index contributed by atoms with van der Waals surface area (Å²) in [6, 6.07) is 12.2. The molecule has 2 aromatic carbocycles. The molecule has 0 bridgehead atoms. The molecule has 2 aromatic heterocycles. The highest BCUT2D eigenvalue weighted by Crippen LogP contribution is 2.29. The van der Waals surface area contributed by atoms with Gasteiger partial charge in [-0.15, -0.1) is 0 Å². The molecule has 4 rings (SSSR count). The van der Waals surface area contributed by atoms with Crippen LogP contribution >= 0.6 is 31.9 Å². The van der Waals surface area contributed by atoms with E-state index < -0.39 is 23.6 Å². The number of pyridine rings is 2. The van der Waals surface area contributed by atoms with Crippen LogP contribution in [0, 0.1) is 11.6 Å². The summed E-state index contributed by atoms with van der Waals surface area (Å²) in [4.78, 5) is 30.6. The second-order valence-electron chi connectivity index (χ2n) is 7.09. The van der Waals surface area contributed by atoms with Crippen molar-refractivity contribution in [2.75, 3.05) is 17.7 Å². The minimum absolute atomic E-state index is 0.00764. The number of carbonyl (C=O) groups is 2. The van der Waals surface area contributed by atoms with Crippen LogP contribution in [0.4, 0.5) is 31.5 Å². The Morgan fingerprint density at radius 3 is 1.62 bits per heavy atom. The van der Waals surface area contributed by atoms with Crippen molar-refractivity contribution < 1.29 is 28.2 Å². The number of carboxylic acid groups (broad SMARTS) is 1. The van der Waals surface area contributed by atoms with Crippen molar-refractivity contribution >= 4 is 66.5 Å². The number of hydrogen-bond donors (Lipinski definition) is 3. The number of rotatable bonds is 6. The summed E-state index contributed by atoms with van der Waals surface area (Å²) >= 11 is 6.33. The Labute approximate surface area is 227 Å². The third kappa shape index (κ3) is 7.08. The minimum atomic E-state index is -1.12. The smallest absolute Gasteiger partial charge is 0.341 e. The van der Waals surface area contributed by atoms with Crippen molar-refractivity contribution in [3.63, 3.8) is 0 Å². The molecular formula is C25H18Br2F2N4O4. The largest absolute Gasteiger partial charge is 0.478 e. The molecule has 0 unspecified atom stereocenters. The molecule has 8 nitrogen and oxygen atoms in total. The van der Waals surface area contributed by atoms with Crippen LogP contribution in [0.3, 0.4) is 0 Å². The summed E-state index contributed by atoms with van der Waals surface area (Å²) in [7, 11) is 1.28. The molecule has 0 saturated carbocycles. The van der Waals surface area contributed by atoms with Crippen molar-refractivity contribution in [3.05, 3.63) is 105 Å². The molecule has 0 amide bonds. The highest BCUT2D eigenvalue weighted by Gasteiger charge is 2.18. The second-order valence-corrected chi connectivity index (χ2v) is 8.80. The van der Waals surface area contributed by atoms with Gasteiger partial charge in [0.05, 0.1) is 51.2 Å². The average Bonchev–Trinajstić information content (AvgIpc) is 2.87. The summed E-state index contributed by atoms with van der Waals surface area (Å²) in [5, 5.41) is 14.6. The number of para-hydroxylation sites is 2. The van der Waals surface area contributed by atoms with Crippen LogP contribution in [0.2, 0.25) is 0 Å². The number of aromatic carboxylic acids is 1. The number of esters is 1. The van der Waals surface area contributed by atoms with Crippen molar-refractivity contribution in [3.8, 4) is 0 Å². The van der Waals surface area contributed by atoms with E-state index in [2.05, 4.69) is 52.5 Å². The van der Waals surface area contributed by atoms with E-state index in [1.165, 1.54) is 50.1 Å². The van der Waals surface area contributed by atoms with Crippen molar-refractivity contribution in [2.24, 2.45) is 0 Å². The molecule has 0 aliphatic carbocycles. The Morgan fingerprint density at radius 1 is 0.757 bits per heavy atom. The number of hydrogen-bond acceptors (Lipinski definition) is 7. The Hall–Kier alpha value is -3.90. The van der Waals surface area contributed by atoms with Gasteiger partial charge in [-0.25, -0.2) is 18.4 Å². The Bertz CT molecular complexity index is 1440. The van der Waals surface area contributed by atoms with E-state index in [0.717, 1.165) is 0 Å². The highest BCUT2D eigenvalue weighted by molar-refractivity contribution is 9.10. The van der Waals surface area contributed by atoms with Gasteiger partial charge in [0.25, 0.3) is 0 Å². The summed E-state index contributed by atoms with van der Waals surface area (Å²) in [6.07, 6.45) is 5.61. The molecule has 0 fully saturated rings. The first-order valence-corrected chi connectivity index (χ1v) is 11.9. The zero-order valence-electron chi connectivity index (χ0n) is 19.0. The van der Waals surface area contributed by atoms with Gasteiger partial charge in [-0.3, -0.25) is 9.97 Å². The van der Waals surface area contributed by atoms with Crippen LogP contribution in [-0.2, 0) is 4.74 Å². The first kappa shape index (κ1) is 27.7. The van der Waals surface area contributed by atoms with Crippen molar-refractivity contribution in [2.45, 2.75) is 0 Å². The summed E-state index contributed by atoms with van der Waals surface area (Å²) < 4.78 is 32.5. The summed E-state index contributed by atoms with van der Waals surface area (Å²) in [5.74, 6) is -2.54. The van der Waals surface area contributed by atoms with Crippen LogP contribution < -0.4 is 10.6 Å². The molecular weight excluding hydrogens is 618 g/mol. The van der Waals surface area contributed by atoms with E-state index in [1.807, 2.05) is 0 Å². The zero-order valence-corrected chi connectivity index (χ0v) is 22.2. The maximum atomic E-state index is 13.6. The minimum Gasteiger partial charge on any atom is -0.478 e. The van der Waals surface area contributed by atoms with Gasteiger partial charge < -0.3 is 20.5 Å². The van der Waals surface area contributed by atoms with Gasteiger partial charge in [-0.05, 0) is 56.1 Å². The molecule has 0 atom stereocenters. The third-order valence-corrected chi connectivity index (χ3v) is 5.89. The van der Waals surface area contributed by atoms with Crippen molar-refractivity contribution in [1.29, 1.82) is 0 Å². The van der Waals surface area contributed by atoms with Crippen LogP contribution in [0.15, 0.2) is 82.3 Å². The number of nitrogens with zero attached hydrogens (tertiary/aromatic N) is 2. The normalized spacial score (nSPS) is 10.1. The molecule has 4 aromatic rings. The fourth-order valence-corrected chi connectivity index (χ4v) is 4.00. The summed E-state index contributed by atoms with van der Waals surface area (Å²) in [5.41, 5.74) is 1.31. The van der Waals surface area contributed by atoms with E-state index in [0.29, 0.717) is 14.6 Å². The number of carbonyl (C=O) groups excluding carboxylic acids is 1. The van der Waals surface area contributed by atoms with Gasteiger partial charge in [0, 0.05) is 12.4 Å². The first-order valence-electron chi connectivity index (χ1n) is 10.3. The molecule has 2 heterocycles. The van der Waals surface area contributed by atoms with E-state index in [1.54, 1.807) is 30.3 Å². The number of carboxylic acids is 1. The summed E-state index contributed by atoms with van der Waals surface area (Å²) in [6.45, 7) is 0. The Morgan fingerprint density at radius 2 is 1.19 bits per heavy atom. The van der Waals surface area contributed by atoms with Gasteiger partial charge in [-0.2, -0.15) is 0 Å². The maximum Gasteiger partial charge on any atom is 0.341 e. The molecule has 0 saturated heterocycles. The fraction of sp³-hybridized carbons (Fsp3) is 0.0400. The van der Waals surface area contributed by atoms with E-state index >= 15 is 0 Å². The van der Waals surface area contributed by atoms with Gasteiger partial charge in [-0.1, -0.05) is 24.3 Å². The van der Waals surface area contributed by atoms with E-state index in [-0.39, 0.29) is 28.2 Å². The third-order valence-electron chi connectivity index (χ3n) is 4.69.